The Morgan fingerprint density at radius 2 is 1.67 bits per heavy atom. The number of aliphatic imine (C=N–C) groups is 1. The molecule has 0 radical (unpaired) electrons. The van der Waals surface area contributed by atoms with Crippen LogP contribution in [0.2, 0.25) is 0 Å². The minimum atomic E-state index is 0. The second kappa shape index (κ2) is 12.7. The zero-order valence-electron chi connectivity index (χ0n) is 14.2. The average Bonchev–Trinajstić information content (AvgIpc) is 3.11. The number of halogens is 1. The van der Waals surface area contributed by atoms with Crippen LogP contribution in [-0.4, -0.2) is 40.9 Å². The van der Waals surface area contributed by atoms with Crippen LogP contribution >= 0.6 is 24.0 Å². The predicted molar refractivity (Wildman–Crippen MR) is 109 cm³/mol. The van der Waals surface area contributed by atoms with Gasteiger partial charge in [0.2, 0.25) is 0 Å². The lowest BCUT2D eigenvalue weighted by atomic mass is 10.1. The van der Waals surface area contributed by atoms with Gasteiger partial charge >= 0.3 is 0 Å². The Balaban J connectivity index is 0.00000288. The van der Waals surface area contributed by atoms with Crippen molar-refractivity contribution in [3.63, 3.8) is 0 Å². The first kappa shape index (κ1) is 20.4. The van der Waals surface area contributed by atoms with Crippen LogP contribution in [-0.2, 0) is 13.0 Å². The summed E-state index contributed by atoms with van der Waals surface area (Å²) in [4.78, 5) is 4.25. The molecule has 0 bridgehead atoms. The minimum Gasteiger partial charge on any atom is -0.356 e. The fraction of sp³-hybridized carbons (Fsp3) is 0.471. The monoisotopic (exact) mass is 442 g/mol. The SMILES string of the molecule is CN=C(NCCCCn1cnnc1)NCCCc1ccccc1.I. The van der Waals surface area contributed by atoms with Crippen molar-refractivity contribution in [1.82, 2.24) is 25.4 Å². The molecule has 2 N–H and O–H groups in total. The molecular formula is C17H27IN6. The zero-order chi connectivity index (χ0) is 16.2. The minimum absolute atomic E-state index is 0. The molecule has 7 heteroatoms. The maximum atomic E-state index is 4.25. The van der Waals surface area contributed by atoms with Crippen molar-refractivity contribution in [3.05, 3.63) is 48.5 Å². The van der Waals surface area contributed by atoms with Crippen molar-refractivity contribution in [2.24, 2.45) is 4.99 Å². The molecule has 2 rings (SSSR count). The summed E-state index contributed by atoms with van der Waals surface area (Å²) in [6, 6.07) is 10.6. The quantitative estimate of drug-likeness (QED) is 0.271. The number of aryl methyl sites for hydroxylation is 2. The average molecular weight is 442 g/mol. The van der Waals surface area contributed by atoms with Crippen molar-refractivity contribution < 1.29 is 0 Å². The second-order valence-electron chi connectivity index (χ2n) is 5.42. The summed E-state index contributed by atoms with van der Waals surface area (Å²) < 4.78 is 2.00. The van der Waals surface area contributed by atoms with Gasteiger partial charge in [-0.1, -0.05) is 30.3 Å². The Labute approximate surface area is 161 Å². The summed E-state index contributed by atoms with van der Waals surface area (Å²) in [5.41, 5.74) is 1.38. The Kier molecular flexibility index (Phi) is 10.8. The summed E-state index contributed by atoms with van der Waals surface area (Å²) in [5.74, 6) is 0.877. The Morgan fingerprint density at radius 1 is 1.00 bits per heavy atom. The van der Waals surface area contributed by atoms with Gasteiger partial charge in [-0.05, 0) is 31.2 Å². The van der Waals surface area contributed by atoms with Crippen LogP contribution < -0.4 is 10.6 Å². The Bertz CT molecular complexity index is 556. The van der Waals surface area contributed by atoms with Crippen LogP contribution in [0, 0.1) is 0 Å². The van der Waals surface area contributed by atoms with E-state index in [9.17, 15) is 0 Å². The van der Waals surface area contributed by atoms with Crippen LogP contribution in [0.15, 0.2) is 48.0 Å². The van der Waals surface area contributed by atoms with Gasteiger partial charge in [0.25, 0.3) is 0 Å². The summed E-state index contributed by atoms with van der Waals surface area (Å²) in [7, 11) is 1.81. The topological polar surface area (TPSA) is 67.1 Å². The molecule has 0 aliphatic heterocycles. The molecule has 0 aliphatic rings. The van der Waals surface area contributed by atoms with E-state index in [1.54, 1.807) is 12.7 Å². The molecule has 0 saturated carbocycles. The third kappa shape index (κ3) is 8.28. The summed E-state index contributed by atoms with van der Waals surface area (Å²) in [6.07, 6.45) is 7.86. The van der Waals surface area contributed by atoms with Crippen LogP contribution in [0.1, 0.15) is 24.8 Å². The van der Waals surface area contributed by atoms with E-state index < -0.39 is 0 Å². The number of nitrogens with one attached hydrogen (secondary N) is 2. The molecule has 0 spiro atoms. The molecule has 0 amide bonds. The third-order valence-electron chi connectivity index (χ3n) is 3.60. The van der Waals surface area contributed by atoms with Gasteiger partial charge in [-0.25, -0.2) is 0 Å². The lowest BCUT2D eigenvalue weighted by Gasteiger charge is -2.11. The predicted octanol–water partition coefficient (Wildman–Crippen LogP) is 2.47. The number of aromatic nitrogens is 3. The van der Waals surface area contributed by atoms with E-state index in [0.29, 0.717) is 0 Å². The van der Waals surface area contributed by atoms with E-state index in [1.165, 1.54) is 5.56 Å². The Hall–Kier alpha value is -1.64. The molecule has 0 saturated heterocycles. The van der Waals surface area contributed by atoms with Gasteiger partial charge in [-0.15, -0.1) is 34.2 Å². The van der Waals surface area contributed by atoms with Crippen LogP contribution in [0.4, 0.5) is 0 Å². The molecular weight excluding hydrogens is 415 g/mol. The molecule has 1 aromatic heterocycles. The first-order chi connectivity index (χ1) is 11.4. The van der Waals surface area contributed by atoms with Crippen molar-refractivity contribution in [3.8, 4) is 0 Å². The van der Waals surface area contributed by atoms with Crippen molar-refractivity contribution in [2.45, 2.75) is 32.2 Å². The van der Waals surface area contributed by atoms with E-state index in [2.05, 4.69) is 56.2 Å². The molecule has 0 atom stereocenters. The smallest absolute Gasteiger partial charge is 0.190 e. The lowest BCUT2D eigenvalue weighted by Crippen LogP contribution is -2.38. The largest absolute Gasteiger partial charge is 0.356 e. The van der Waals surface area contributed by atoms with E-state index >= 15 is 0 Å². The highest BCUT2D eigenvalue weighted by molar-refractivity contribution is 14.0. The van der Waals surface area contributed by atoms with Crippen LogP contribution in [0.25, 0.3) is 0 Å². The van der Waals surface area contributed by atoms with Gasteiger partial charge in [0.15, 0.2) is 5.96 Å². The molecule has 0 aliphatic carbocycles. The molecule has 2 aromatic rings. The van der Waals surface area contributed by atoms with E-state index in [4.69, 9.17) is 0 Å². The van der Waals surface area contributed by atoms with Gasteiger partial charge in [0, 0.05) is 26.7 Å². The maximum absolute atomic E-state index is 4.25. The molecule has 1 heterocycles. The van der Waals surface area contributed by atoms with Crippen LogP contribution in [0.3, 0.4) is 0 Å². The van der Waals surface area contributed by atoms with Crippen LogP contribution in [0.5, 0.6) is 0 Å². The lowest BCUT2D eigenvalue weighted by molar-refractivity contribution is 0.597. The molecule has 132 valence electrons. The Morgan fingerprint density at radius 3 is 2.33 bits per heavy atom. The second-order valence-corrected chi connectivity index (χ2v) is 5.42. The van der Waals surface area contributed by atoms with Gasteiger partial charge in [-0.3, -0.25) is 4.99 Å². The normalized spacial score (nSPS) is 11.0. The standard InChI is InChI=1S/C17H26N6.HI/c1-18-17(19-11-5-6-13-23-14-21-22-15-23)20-12-7-10-16-8-3-2-4-9-16;/h2-4,8-9,14-15H,5-7,10-13H2,1H3,(H2,18,19,20);1H. The summed E-state index contributed by atoms with van der Waals surface area (Å²) in [6.45, 7) is 2.80. The summed E-state index contributed by atoms with van der Waals surface area (Å²) >= 11 is 0. The number of benzene rings is 1. The number of unbranched alkanes of at least 4 members (excludes halogenated alkanes) is 1. The first-order valence-corrected chi connectivity index (χ1v) is 8.19. The zero-order valence-corrected chi connectivity index (χ0v) is 16.5. The number of nitrogens with zero attached hydrogens (tertiary/aromatic N) is 4. The number of guanidine groups is 1. The highest BCUT2D eigenvalue weighted by atomic mass is 127. The van der Waals surface area contributed by atoms with Crippen molar-refractivity contribution in [1.29, 1.82) is 0 Å². The van der Waals surface area contributed by atoms with Crippen molar-refractivity contribution >= 4 is 29.9 Å². The maximum Gasteiger partial charge on any atom is 0.190 e. The van der Waals surface area contributed by atoms with E-state index in [0.717, 1.165) is 51.3 Å². The fourth-order valence-corrected chi connectivity index (χ4v) is 2.33. The molecule has 0 unspecified atom stereocenters. The highest BCUT2D eigenvalue weighted by Gasteiger charge is 1.98. The third-order valence-corrected chi connectivity index (χ3v) is 3.60. The molecule has 1 aromatic carbocycles. The molecule has 0 fully saturated rings. The fourth-order valence-electron chi connectivity index (χ4n) is 2.33. The van der Waals surface area contributed by atoms with E-state index in [1.807, 2.05) is 11.6 Å². The molecule has 6 nitrogen and oxygen atoms in total. The number of hydrogen-bond acceptors (Lipinski definition) is 3. The molecule has 24 heavy (non-hydrogen) atoms. The number of hydrogen-bond donors (Lipinski definition) is 2. The van der Waals surface area contributed by atoms with Crippen molar-refractivity contribution in [2.75, 3.05) is 20.1 Å². The first-order valence-electron chi connectivity index (χ1n) is 8.19. The highest BCUT2D eigenvalue weighted by Crippen LogP contribution is 2.01. The van der Waals surface area contributed by atoms with Gasteiger partial charge in [0.05, 0.1) is 0 Å². The van der Waals surface area contributed by atoms with Gasteiger partial charge in [0.1, 0.15) is 12.7 Å². The van der Waals surface area contributed by atoms with E-state index in [-0.39, 0.29) is 24.0 Å². The number of rotatable bonds is 9. The van der Waals surface area contributed by atoms with Gasteiger partial charge in [-0.2, -0.15) is 0 Å². The summed E-state index contributed by atoms with van der Waals surface area (Å²) in [5, 5.41) is 14.3. The van der Waals surface area contributed by atoms with Gasteiger partial charge < -0.3 is 15.2 Å².